The zero-order valence-corrected chi connectivity index (χ0v) is 20.0. The second-order valence-corrected chi connectivity index (χ2v) is 8.72. The molecule has 0 bridgehead atoms. The number of thiazole rings is 1. The molecule has 0 atom stereocenters. The summed E-state index contributed by atoms with van der Waals surface area (Å²) in [7, 11) is 0. The molecule has 2 heterocycles. The molecule has 0 spiro atoms. The maximum absolute atomic E-state index is 13.4. The summed E-state index contributed by atoms with van der Waals surface area (Å²) in [5.74, 6) is 1.10. The van der Waals surface area contributed by atoms with Gasteiger partial charge in [0.05, 0.1) is 48.5 Å². The molecule has 4 rings (SSSR count). The number of nitrogens with zero attached hydrogens (tertiary/aromatic N) is 2. The minimum absolute atomic E-state index is 0.220. The van der Waals surface area contributed by atoms with Crippen molar-refractivity contribution in [2.45, 2.75) is 20.8 Å². The van der Waals surface area contributed by atoms with Crippen LogP contribution in [0, 0.1) is 6.92 Å². The molecule has 1 aromatic heterocycles. The Labute approximate surface area is 198 Å². The van der Waals surface area contributed by atoms with Crippen LogP contribution in [-0.2, 0) is 4.74 Å². The van der Waals surface area contributed by atoms with Gasteiger partial charge in [-0.2, -0.15) is 0 Å². The number of ether oxygens (including phenoxy) is 3. The Morgan fingerprint density at radius 2 is 1.79 bits per heavy atom. The second-order valence-electron chi connectivity index (χ2n) is 7.51. The summed E-state index contributed by atoms with van der Waals surface area (Å²) < 4.78 is 17.4. The van der Waals surface area contributed by atoms with Crippen LogP contribution in [0.25, 0.3) is 11.3 Å². The van der Waals surface area contributed by atoms with Crippen LogP contribution in [0.3, 0.4) is 0 Å². The van der Waals surface area contributed by atoms with Crippen LogP contribution < -0.4 is 19.7 Å². The van der Waals surface area contributed by atoms with Gasteiger partial charge in [0.1, 0.15) is 16.4 Å². The zero-order valence-electron chi connectivity index (χ0n) is 19.2. The van der Waals surface area contributed by atoms with Crippen LogP contribution in [0.1, 0.15) is 28.5 Å². The SMILES string of the molecule is CCOc1cc(N2CCOCC2)c(OCC)cc1NC(=O)c1sc(C)nc1-c1ccccc1. The Bertz CT molecular complexity index is 1090. The highest BCUT2D eigenvalue weighted by Crippen LogP contribution is 2.40. The molecule has 0 radical (unpaired) electrons. The number of benzene rings is 2. The van der Waals surface area contributed by atoms with Gasteiger partial charge in [0.25, 0.3) is 5.91 Å². The molecule has 0 unspecified atom stereocenters. The quantitative estimate of drug-likeness (QED) is 0.502. The van der Waals surface area contributed by atoms with Crippen molar-refractivity contribution in [2.24, 2.45) is 0 Å². The number of hydrogen-bond donors (Lipinski definition) is 1. The maximum Gasteiger partial charge on any atom is 0.268 e. The lowest BCUT2D eigenvalue weighted by atomic mass is 10.1. The summed E-state index contributed by atoms with van der Waals surface area (Å²) in [6.07, 6.45) is 0. The first-order valence-electron chi connectivity index (χ1n) is 11.2. The highest BCUT2D eigenvalue weighted by atomic mass is 32.1. The summed E-state index contributed by atoms with van der Waals surface area (Å²) in [4.78, 5) is 20.8. The number of aryl methyl sites for hydroxylation is 1. The Balaban J connectivity index is 1.69. The second kappa shape index (κ2) is 10.7. The van der Waals surface area contributed by atoms with Crippen molar-refractivity contribution < 1.29 is 19.0 Å². The van der Waals surface area contributed by atoms with Gasteiger partial charge in [0, 0.05) is 30.8 Å². The molecule has 8 heteroatoms. The predicted molar refractivity (Wildman–Crippen MR) is 132 cm³/mol. The van der Waals surface area contributed by atoms with Crippen LogP contribution in [-0.4, -0.2) is 50.4 Å². The lowest BCUT2D eigenvalue weighted by molar-refractivity contribution is 0.103. The monoisotopic (exact) mass is 467 g/mol. The van der Waals surface area contributed by atoms with E-state index < -0.39 is 0 Å². The van der Waals surface area contributed by atoms with E-state index in [9.17, 15) is 4.79 Å². The minimum atomic E-state index is -0.220. The number of amides is 1. The topological polar surface area (TPSA) is 72.9 Å². The number of carbonyl (C=O) groups is 1. The lowest BCUT2D eigenvalue weighted by Gasteiger charge is -2.31. The van der Waals surface area contributed by atoms with Gasteiger partial charge in [-0.3, -0.25) is 4.79 Å². The van der Waals surface area contributed by atoms with E-state index in [4.69, 9.17) is 14.2 Å². The van der Waals surface area contributed by atoms with E-state index in [1.165, 1.54) is 11.3 Å². The van der Waals surface area contributed by atoms with E-state index in [1.807, 2.05) is 63.2 Å². The number of carbonyl (C=O) groups excluding carboxylic acids is 1. The first-order valence-corrected chi connectivity index (χ1v) is 12.0. The smallest absolute Gasteiger partial charge is 0.268 e. The molecule has 1 saturated heterocycles. The van der Waals surface area contributed by atoms with E-state index in [0.29, 0.717) is 54.2 Å². The van der Waals surface area contributed by atoms with E-state index in [-0.39, 0.29) is 5.91 Å². The summed E-state index contributed by atoms with van der Waals surface area (Å²) in [5.41, 5.74) is 3.12. The fourth-order valence-electron chi connectivity index (χ4n) is 3.80. The van der Waals surface area contributed by atoms with E-state index in [2.05, 4.69) is 15.2 Å². The van der Waals surface area contributed by atoms with Crippen LogP contribution in [0.5, 0.6) is 11.5 Å². The standard InChI is InChI=1S/C25H29N3O4S/c1-4-31-21-16-20(28-11-13-30-14-12-28)22(32-5-2)15-19(21)27-25(29)24-23(26-17(3)33-24)18-9-7-6-8-10-18/h6-10,15-16H,4-5,11-14H2,1-3H3,(H,27,29). The van der Waals surface area contributed by atoms with Crippen molar-refractivity contribution >= 4 is 28.6 Å². The average molecular weight is 468 g/mol. The largest absolute Gasteiger partial charge is 0.492 e. The maximum atomic E-state index is 13.4. The van der Waals surface area contributed by atoms with Crippen molar-refractivity contribution in [3.63, 3.8) is 0 Å². The van der Waals surface area contributed by atoms with Crippen molar-refractivity contribution in [3.8, 4) is 22.8 Å². The first-order chi connectivity index (χ1) is 16.1. The molecule has 1 N–H and O–H groups in total. The van der Waals surface area contributed by atoms with E-state index in [0.717, 1.165) is 29.3 Å². The Morgan fingerprint density at radius 1 is 1.09 bits per heavy atom. The van der Waals surface area contributed by atoms with Crippen molar-refractivity contribution in [1.82, 2.24) is 4.98 Å². The molecular weight excluding hydrogens is 438 g/mol. The normalized spacial score (nSPS) is 13.6. The fourth-order valence-corrected chi connectivity index (χ4v) is 4.63. The third-order valence-electron chi connectivity index (χ3n) is 5.25. The van der Waals surface area contributed by atoms with Crippen molar-refractivity contribution in [3.05, 3.63) is 52.3 Å². The number of anilines is 2. The van der Waals surface area contributed by atoms with Gasteiger partial charge in [-0.25, -0.2) is 4.98 Å². The molecule has 1 aliphatic heterocycles. The molecule has 2 aromatic carbocycles. The molecule has 1 aliphatic rings. The highest BCUT2D eigenvalue weighted by Gasteiger charge is 2.23. The van der Waals surface area contributed by atoms with Crippen LogP contribution in [0.15, 0.2) is 42.5 Å². The molecule has 1 amide bonds. The van der Waals surface area contributed by atoms with Gasteiger partial charge < -0.3 is 24.4 Å². The van der Waals surface area contributed by atoms with Crippen LogP contribution >= 0.6 is 11.3 Å². The van der Waals surface area contributed by atoms with E-state index >= 15 is 0 Å². The van der Waals surface area contributed by atoms with Crippen LogP contribution in [0.2, 0.25) is 0 Å². The number of aromatic nitrogens is 1. The zero-order chi connectivity index (χ0) is 23.2. The van der Waals surface area contributed by atoms with Gasteiger partial charge in [-0.05, 0) is 20.8 Å². The molecule has 3 aromatic rings. The van der Waals surface area contributed by atoms with Crippen LogP contribution in [0.4, 0.5) is 11.4 Å². The molecule has 33 heavy (non-hydrogen) atoms. The summed E-state index contributed by atoms with van der Waals surface area (Å²) in [6, 6.07) is 13.6. The first kappa shape index (κ1) is 23.1. The lowest BCUT2D eigenvalue weighted by Crippen LogP contribution is -2.36. The fraction of sp³-hybridized carbons (Fsp3) is 0.360. The molecule has 174 valence electrons. The third-order valence-corrected chi connectivity index (χ3v) is 6.22. The molecular formula is C25H29N3O4S. The number of morpholine rings is 1. The number of nitrogens with one attached hydrogen (secondary N) is 1. The van der Waals surface area contributed by atoms with E-state index in [1.54, 1.807) is 0 Å². The predicted octanol–water partition coefficient (Wildman–Crippen LogP) is 5.00. The van der Waals surface area contributed by atoms with Gasteiger partial charge in [0.15, 0.2) is 0 Å². The molecule has 0 saturated carbocycles. The van der Waals surface area contributed by atoms with Crippen molar-refractivity contribution in [2.75, 3.05) is 49.7 Å². The summed E-state index contributed by atoms with van der Waals surface area (Å²) in [6.45, 7) is 9.67. The van der Waals surface area contributed by atoms with Gasteiger partial charge >= 0.3 is 0 Å². The number of rotatable bonds is 8. The number of hydrogen-bond acceptors (Lipinski definition) is 7. The van der Waals surface area contributed by atoms with Gasteiger partial charge in [-0.1, -0.05) is 30.3 Å². The molecule has 1 fully saturated rings. The Hall–Kier alpha value is -3.10. The van der Waals surface area contributed by atoms with Gasteiger partial charge in [0.2, 0.25) is 0 Å². The summed E-state index contributed by atoms with van der Waals surface area (Å²) >= 11 is 1.38. The molecule has 0 aliphatic carbocycles. The summed E-state index contributed by atoms with van der Waals surface area (Å²) in [5, 5.41) is 3.88. The Kier molecular flexibility index (Phi) is 7.47. The Morgan fingerprint density at radius 3 is 2.48 bits per heavy atom. The third kappa shape index (κ3) is 5.29. The van der Waals surface area contributed by atoms with Gasteiger partial charge in [-0.15, -0.1) is 11.3 Å². The minimum Gasteiger partial charge on any atom is -0.492 e. The van der Waals surface area contributed by atoms with Crippen molar-refractivity contribution in [1.29, 1.82) is 0 Å². The molecule has 7 nitrogen and oxygen atoms in total. The average Bonchev–Trinajstić information content (AvgIpc) is 3.24. The highest BCUT2D eigenvalue weighted by molar-refractivity contribution is 7.14.